The third-order valence-corrected chi connectivity index (χ3v) is 6.03. The molecule has 0 saturated carbocycles. The number of nitrogens with zero attached hydrogens (tertiary/aromatic N) is 2. The van der Waals surface area contributed by atoms with Crippen molar-refractivity contribution in [2.45, 2.75) is 12.1 Å². The number of aryl methyl sites for hydroxylation is 1. The second-order valence-corrected chi connectivity index (χ2v) is 8.57. The molecule has 0 bridgehead atoms. The van der Waals surface area contributed by atoms with E-state index in [1.165, 1.54) is 29.9 Å². The molecule has 168 valence electrons. The highest BCUT2D eigenvalue weighted by atomic mass is 35.5. The molecule has 0 spiro atoms. The number of amides is 1. The Morgan fingerprint density at radius 2 is 1.97 bits per heavy atom. The standard InChI is InChI=1S/C24H19ClFN3O3S/c1-14-7-10-21(32-2)20(11-14)29-23(31)16-9-8-15(25)12-19(16)28-24(29)33-13-22(30)27-18-6-4-3-5-17(18)26/h3-12H,13H2,1-2H3,(H,27,30). The lowest BCUT2D eigenvalue weighted by Crippen LogP contribution is -2.23. The first-order valence-electron chi connectivity index (χ1n) is 9.92. The molecule has 1 N–H and O–H groups in total. The normalized spacial score (nSPS) is 10.9. The monoisotopic (exact) mass is 483 g/mol. The Kier molecular flexibility index (Phi) is 6.67. The zero-order chi connectivity index (χ0) is 23.5. The summed E-state index contributed by atoms with van der Waals surface area (Å²) in [4.78, 5) is 30.6. The summed E-state index contributed by atoms with van der Waals surface area (Å²) >= 11 is 7.16. The average molecular weight is 484 g/mol. The number of ether oxygens (including phenoxy) is 1. The minimum absolute atomic E-state index is 0.0825. The molecule has 0 aliphatic rings. The Morgan fingerprint density at radius 3 is 2.73 bits per heavy atom. The molecule has 6 nitrogen and oxygen atoms in total. The van der Waals surface area contributed by atoms with Gasteiger partial charge in [0.15, 0.2) is 5.16 Å². The molecule has 0 aliphatic carbocycles. The van der Waals surface area contributed by atoms with Gasteiger partial charge in [-0.05, 0) is 55.0 Å². The Balaban J connectivity index is 1.77. The number of methoxy groups -OCH3 is 1. The summed E-state index contributed by atoms with van der Waals surface area (Å²) < 4.78 is 20.8. The number of carbonyl (C=O) groups is 1. The predicted octanol–water partition coefficient (Wildman–Crippen LogP) is 5.23. The van der Waals surface area contributed by atoms with Gasteiger partial charge in [0, 0.05) is 5.02 Å². The number of fused-ring (bicyclic) bond motifs is 1. The minimum atomic E-state index is -0.532. The van der Waals surface area contributed by atoms with Gasteiger partial charge >= 0.3 is 0 Å². The average Bonchev–Trinajstić information content (AvgIpc) is 2.79. The van der Waals surface area contributed by atoms with Gasteiger partial charge in [0.2, 0.25) is 5.91 Å². The highest BCUT2D eigenvalue weighted by Crippen LogP contribution is 2.29. The van der Waals surface area contributed by atoms with Crippen molar-refractivity contribution in [2.75, 3.05) is 18.2 Å². The number of carbonyl (C=O) groups excluding carboxylic acids is 1. The van der Waals surface area contributed by atoms with E-state index in [1.54, 1.807) is 30.3 Å². The fraction of sp³-hybridized carbons (Fsp3) is 0.125. The summed E-state index contributed by atoms with van der Waals surface area (Å²) in [5.41, 5.74) is 1.59. The van der Waals surface area contributed by atoms with Gasteiger partial charge in [0.05, 0.1) is 35.1 Å². The van der Waals surface area contributed by atoms with Crippen LogP contribution in [0.1, 0.15) is 5.56 Å². The zero-order valence-corrected chi connectivity index (χ0v) is 19.3. The van der Waals surface area contributed by atoms with Crippen molar-refractivity contribution < 1.29 is 13.9 Å². The molecule has 4 rings (SSSR count). The van der Waals surface area contributed by atoms with Gasteiger partial charge < -0.3 is 10.1 Å². The second kappa shape index (κ2) is 9.64. The molecule has 0 atom stereocenters. The van der Waals surface area contributed by atoms with E-state index in [0.29, 0.717) is 27.4 Å². The number of benzene rings is 3. The number of nitrogens with one attached hydrogen (secondary N) is 1. The molecule has 1 heterocycles. The van der Waals surface area contributed by atoms with Crippen molar-refractivity contribution >= 4 is 45.9 Å². The van der Waals surface area contributed by atoms with Crippen LogP contribution in [0.4, 0.5) is 10.1 Å². The summed E-state index contributed by atoms with van der Waals surface area (Å²) in [7, 11) is 1.52. The number of rotatable bonds is 6. The summed E-state index contributed by atoms with van der Waals surface area (Å²) in [6.45, 7) is 1.90. The molecule has 3 aromatic carbocycles. The molecule has 1 aromatic heterocycles. The van der Waals surface area contributed by atoms with Crippen molar-refractivity contribution in [1.82, 2.24) is 9.55 Å². The van der Waals surface area contributed by atoms with Crippen LogP contribution in [0, 0.1) is 12.7 Å². The van der Waals surface area contributed by atoms with Gasteiger partial charge in [-0.3, -0.25) is 14.2 Å². The quantitative estimate of drug-likeness (QED) is 0.300. The van der Waals surface area contributed by atoms with Crippen molar-refractivity contribution in [2.24, 2.45) is 0 Å². The molecule has 0 saturated heterocycles. The molecule has 9 heteroatoms. The molecular weight excluding hydrogens is 465 g/mol. The van der Waals surface area contributed by atoms with Crippen molar-refractivity contribution in [3.05, 3.63) is 87.4 Å². The Hall–Kier alpha value is -3.36. The summed E-state index contributed by atoms with van der Waals surface area (Å²) in [6.07, 6.45) is 0. The Bertz CT molecular complexity index is 1420. The molecule has 0 radical (unpaired) electrons. The molecule has 0 aliphatic heterocycles. The van der Waals surface area contributed by atoms with Crippen LogP contribution in [0.25, 0.3) is 16.6 Å². The fourth-order valence-corrected chi connectivity index (χ4v) is 4.27. The lowest BCUT2D eigenvalue weighted by Gasteiger charge is -2.16. The fourth-order valence-electron chi connectivity index (χ4n) is 3.30. The third kappa shape index (κ3) is 4.86. The molecule has 4 aromatic rings. The van der Waals surface area contributed by atoms with Gasteiger partial charge in [-0.15, -0.1) is 0 Å². The molecule has 33 heavy (non-hydrogen) atoms. The summed E-state index contributed by atoms with van der Waals surface area (Å²) in [5.74, 6) is -0.583. The van der Waals surface area contributed by atoms with Crippen molar-refractivity contribution in [3.63, 3.8) is 0 Å². The van der Waals surface area contributed by atoms with E-state index in [4.69, 9.17) is 16.3 Å². The number of para-hydroxylation sites is 1. The maximum atomic E-state index is 13.9. The maximum absolute atomic E-state index is 13.9. The first kappa shape index (κ1) is 22.8. The number of hydrogen-bond donors (Lipinski definition) is 1. The number of thioether (sulfide) groups is 1. The maximum Gasteiger partial charge on any atom is 0.266 e. The number of aromatic nitrogens is 2. The SMILES string of the molecule is COc1ccc(C)cc1-n1c(SCC(=O)Nc2ccccc2F)nc2cc(Cl)ccc2c1=O. The van der Waals surface area contributed by atoms with Crippen LogP contribution in [-0.4, -0.2) is 28.3 Å². The largest absolute Gasteiger partial charge is 0.495 e. The van der Waals surface area contributed by atoms with Gasteiger partial charge in [0.25, 0.3) is 5.56 Å². The van der Waals surface area contributed by atoms with Crippen LogP contribution in [0.15, 0.2) is 70.6 Å². The van der Waals surface area contributed by atoms with Crippen LogP contribution in [0.5, 0.6) is 5.75 Å². The Morgan fingerprint density at radius 1 is 1.18 bits per heavy atom. The van der Waals surface area contributed by atoms with Crippen LogP contribution >= 0.6 is 23.4 Å². The van der Waals surface area contributed by atoms with Crippen LogP contribution < -0.4 is 15.6 Å². The highest BCUT2D eigenvalue weighted by Gasteiger charge is 2.18. The van der Waals surface area contributed by atoms with E-state index in [2.05, 4.69) is 10.3 Å². The summed E-state index contributed by atoms with van der Waals surface area (Å²) in [5, 5.41) is 3.63. The van der Waals surface area contributed by atoms with Gasteiger partial charge in [-0.2, -0.15) is 0 Å². The molecule has 0 fully saturated rings. The first-order valence-corrected chi connectivity index (χ1v) is 11.3. The van der Waals surface area contributed by atoms with Gasteiger partial charge in [-0.1, -0.05) is 41.6 Å². The number of anilines is 1. The topological polar surface area (TPSA) is 73.2 Å². The van der Waals surface area contributed by atoms with Crippen LogP contribution in [-0.2, 0) is 4.79 Å². The number of halogens is 2. The van der Waals surface area contributed by atoms with Crippen LogP contribution in [0.3, 0.4) is 0 Å². The predicted molar refractivity (Wildman–Crippen MR) is 129 cm³/mol. The lowest BCUT2D eigenvalue weighted by atomic mass is 10.2. The van der Waals surface area contributed by atoms with Gasteiger partial charge in [-0.25, -0.2) is 9.37 Å². The second-order valence-electron chi connectivity index (χ2n) is 7.19. The molecular formula is C24H19ClFN3O3S. The van der Waals surface area contributed by atoms with E-state index in [-0.39, 0.29) is 22.2 Å². The van der Waals surface area contributed by atoms with E-state index in [1.807, 2.05) is 19.1 Å². The first-order chi connectivity index (χ1) is 15.9. The van der Waals surface area contributed by atoms with Crippen molar-refractivity contribution in [3.8, 4) is 11.4 Å². The lowest BCUT2D eigenvalue weighted by molar-refractivity contribution is -0.113. The third-order valence-electron chi connectivity index (χ3n) is 4.86. The minimum Gasteiger partial charge on any atom is -0.495 e. The summed E-state index contributed by atoms with van der Waals surface area (Å²) in [6, 6.07) is 16.2. The van der Waals surface area contributed by atoms with Crippen LogP contribution in [0.2, 0.25) is 5.02 Å². The van der Waals surface area contributed by atoms with Crippen molar-refractivity contribution in [1.29, 1.82) is 0 Å². The van der Waals surface area contributed by atoms with Gasteiger partial charge in [0.1, 0.15) is 11.6 Å². The smallest absolute Gasteiger partial charge is 0.266 e. The van der Waals surface area contributed by atoms with E-state index in [0.717, 1.165) is 17.3 Å². The van der Waals surface area contributed by atoms with E-state index >= 15 is 0 Å². The van der Waals surface area contributed by atoms with E-state index in [9.17, 15) is 14.0 Å². The highest BCUT2D eigenvalue weighted by molar-refractivity contribution is 7.99. The zero-order valence-electron chi connectivity index (χ0n) is 17.8. The Labute approximate surface area is 198 Å². The number of hydrogen-bond acceptors (Lipinski definition) is 5. The molecule has 0 unspecified atom stereocenters. The van der Waals surface area contributed by atoms with E-state index < -0.39 is 11.7 Å². The molecule has 1 amide bonds.